The number of nitrogens with one attached hydrogen (secondary N) is 1. The summed E-state index contributed by atoms with van der Waals surface area (Å²) in [5.74, 6) is 0.907. The van der Waals surface area contributed by atoms with Gasteiger partial charge in [-0.1, -0.05) is 6.07 Å². The smallest absolute Gasteiger partial charge is 0.254 e. The molecule has 1 N–H and O–H groups in total. The zero-order valence-corrected chi connectivity index (χ0v) is 15.0. The van der Waals surface area contributed by atoms with Gasteiger partial charge in [-0.15, -0.1) is 12.4 Å². The van der Waals surface area contributed by atoms with Gasteiger partial charge in [0.15, 0.2) is 0 Å². The van der Waals surface area contributed by atoms with Gasteiger partial charge in [-0.2, -0.15) is 0 Å². The topological polar surface area (TPSA) is 32.3 Å². The Labute approximate surface area is 141 Å². The van der Waals surface area contributed by atoms with Crippen molar-refractivity contribution in [2.24, 2.45) is 5.92 Å². The summed E-state index contributed by atoms with van der Waals surface area (Å²) in [7, 11) is 1.99. The number of rotatable bonds is 3. The van der Waals surface area contributed by atoms with Gasteiger partial charge >= 0.3 is 0 Å². The lowest BCUT2D eigenvalue weighted by molar-refractivity contribution is 0.0690. The molecule has 1 heterocycles. The van der Waals surface area contributed by atoms with Crippen LogP contribution in [0.1, 0.15) is 28.8 Å². The fourth-order valence-electron chi connectivity index (χ4n) is 2.64. The number of likely N-dealkylation sites (tertiary alicyclic amines) is 1. The van der Waals surface area contributed by atoms with Crippen LogP contribution in [0.4, 0.5) is 0 Å². The van der Waals surface area contributed by atoms with Gasteiger partial charge in [0.25, 0.3) is 5.91 Å². The molecule has 0 unspecified atom stereocenters. The van der Waals surface area contributed by atoms with Gasteiger partial charge in [0.1, 0.15) is 0 Å². The van der Waals surface area contributed by atoms with Gasteiger partial charge in [-0.3, -0.25) is 4.79 Å². The summed E-state index contributed by atoms with van der Waals surface area (Å²) in [6.45, 7) is 4.86. The molecule has 1 aromatic rings. The standard InChI is InChI=1S/C15H21IN2O.ClH/c1-11-13(4-3-5-14(11)16)15(19)18-8-6-12(7-9-18)10-17-2;/h3-5,12,17H,6-10H2,1-2H3;1H. The third kappa shape index (κ3) is 4.09. The SMILES string of the molecule is CNCC1CCN(C(=O)c2cccc(I)c2C)CC1.Cl. The van der Waals surface area contributed by atoms with Crippen molar-refractivity contribution in [1.29, 1.82) is 0 Å². The molecule has 0 radical (unpaired) electrons. The summed E-state index contributed by atoms with van der Waals surface area (Å²) in [6.07, 6.45) is 2.21. The van der Waals surface area contributed by atoms with E-state index in [4.69, 9.17) is 0 Å². The maximum Gasteiger partial charge on any atom is 0.254 e. The Morgan fingerprint density at radius 3 is 2.65 bits per heavy atom. The number of piperidine rings is 1. The molecule has 1 amide bonds. The number of benzene rings is 1. The van der Waals surface area contributed by atoms with Crippen LogP contribution in [0.3, 0.4) is 0 Å². The Bertz CT molecular complexity index is 459. The average molecular weight is 409 g/mol. The third-order valence-electron chi connectivity index (χ3n) is 3.89. The van der Waals surface area contributed by atoms with Gasteiger partial charge in [0, 0.05) is 22.2 Å². The van der Waals surface area contributed by atoms with Crippen molar-refractivity contribution < 1.29 is 4.79 Å². The fourth-order valence-corrected chi connectivity index (χ4v) is 3.14. The second kappa shape index (κ2) is 8.20. The van der Waals surface area contributed by atoms with E-state index in [-0.39, 0.29) is 18.3 Å². The lowest BCUT2D eigenvalue weighted by atomic mass is 9.96. The normalized spacial score (nSPS) is 15.8. The zero-order chi connectivity index (χ0) is 13.8. The molecular formula is C15H22ClIN2O. The molecule has 0 spiro atoms. The van der Waals surface area contributed by atoms with E-state index in [0.29, 0.717) is 5.92 Å². The molecule has 1 fully saturated rings. The van der Waals surface area contributed by atoms with E-state index in [9.17, 15) is 4.79 Å². The number of hydrogen-bond donors (Lipinski definition) is 1. The number of nitrogens with zero attached hydrogens (tertiary/aromatic N) is 1. The minimum absolute atomic E-state index is 0. The van der Waals surface area contributed by atoms with Crippen LogP contribution in [-0.2, 0) is 0 Å². The van der Waals surface area contributed by atoms with Crippen LogP contribution in [0.25, 0.3) is 0 Å². The molecule has 2 rings (SSSR count). The molecule has 112 valence electrons. The van der Waals surface area contributed by atoms with E-state index in [1.165, 1.54) is 0 Å². The third-order valence-corrected chi connectivity index (χ3v) is 5.06. The second-order valence-corrected chi connectivity index (χ2v) is 6.37. The summed E-state index contributed by atoms with van der Waals surface area (Å²) in [6, 6.07) is 5.96. The first-order valence-electron chi connectivity index (χ1n) is 6.82. The summed E-state index contributed by atoms with van der Waals surface area (Å²) in [5, 5.41) is 3.23. The first-order chi connectivity index (χ1) is 9.13. The van der Waals surface area contributed by atoms with Crippen LogP contribution >= 0.6 is 35.0 Å². The molecule has 1 aliphatic rings. The van der Waals surface area contributed by atoms with Crippen LogP contribution < -0.4 is 5.32 Å². The maximum absolute atomic E-state index is 12.5. The number of carbonyl (C=O) groups is 1. The van der Waals surface area contributed by atoms with E-state index in [2.05, 4.69) is 27.9 Å². The van der Waals surface area contributed by atoms with Crippen molar-refractivity contribution in [3.05, 3.63) is 32.9 Å². The molecule has 1 aromatic carbocycles. The minimum Gasteiger partial charge on any atom is -0.339 e. The molecule has 0 saturated carbocycles. The quantitative estimate of drug-likeness (QED) is 0.780. The van der Waals surface area contributed by atoms with Crippen molar-refractivity contribution in [2.45, 2.75) is 19.8 Å². The van der Waals surface area contributed by atoms with Gasteiger partial charge in [-0.25, -0.2) is 0 Å². The Morgan fingerprint density at radius 1 is 1.40 bits per heavy atom. The van der Waals surface area contributed by atoms with E-state index < -0.39 is 0 Å². The lowest BCUT2D eigenvalue weighted by Crippen LogP contribution is -2.40. The van der Waals surface area contributed by atoms with E-state index in [1.54, 1.807) is 0 Å². The van der Waals surface area contributed by atoms with Gasteiger partial charge in [0.05, 0.1) is 0 Å². The van der Waals surface area contributed by atoms with Gasteiger partial charge < -0.3 is 10.2 Å². The Hall–Kier alpha value is -0.330. The van der Waals surface area contributed by atoms with Crippen LogP contribution in [0.15, 0.2) is 18.2 Å². The predicted molar refractivity (Wildman–Crippen MR) is 93.7 cm³/mol. The lowest BCUT2D eigenvalue weighted by Gasteiger charge is -2.32. The number of carbonyl (C=O) groups excluding carboxylic acids is 1. The number of amides is 1. The van der Waals surface area contributed by atoms with Crippen LogP contribution in [0, 0.1) is 16.4 Å². The molecule has 0 aliphatic carbocycles. The van der Waals surface area contributed by atoms with Crippen molar-refractivity contribution in [2.75, 3.05) is 26.7 Å². The van der Waals surface area contributed by atoms with Crippen molar-refractivity contribution in [1.82, 2.24) is 10.2 Å². The minimum atomic E-state index is 0. The summed E-state index contributed by atoms with van der Waals surface area (Å²) in [4.78, 5) is 14.5. The molecule has 20 heavy (non-hydrogen) atoms. The highest BCUT2D eigenvalue weighted by Crippen LogP contribution is 2.21. The second-order valence-electron chi connectivity index (χ2n) is 5.21. The van der Waals surface area contributed by atoms with Crippen molar-refractivity contribution in [3.63, 3.8) is 0 Å². The molecule has 1 aliphatic heterocycles. The first kappa shape index (κ1) is 17.7. The van der Waals surface area contributed by atoms with Crippen LogP contribution in [0.5, 0.6) is 0 Å². The summed E-state index contributed by atoms with van der Waals surface area (Å²) >= 11 is 2.29. The first-order valence-corrected chi connectivity index (χ1v) is 7.90. The van der Waals surface area contributed by atoms with E-state index in [1.807, 2.05) is 37.1 Å². The molecule has 0 aromatic heterocycles. The molecule has 0 bridgehead atoms. The Morgan fingerprint density at radius 2 is 2.05 bits per heavy atom. The molecule has 3 nitrogen and oxygen atoms in total. The van der Waals surface area contributed by atoms with E-state index in [0.717, 1.165) is 47.2 Å². The van der Waals surface area contributed by atoms with Crippen LogP contribution in [0.2, 0.25) is 0 Å². The Balaban J connectivity index is 0.00000200. The number of halogens is 2. The monoisotopic (exact) mass is 408 g/mol. The van der Waals surface area contributed by atoms with Crippen LogP contribution in [-0.4, -0.2) is 37.5 Å². The van der Waals surface area contributed by atoms with Gasteiger partial charge in [-0.05, 0) is 79.6 Å². The van der Waals surface area contributed by atoms with Crippen molar-refractivity contribution >= 4 is 40.9 Å². The Kier molecular flexibility index (Phi) is 7.26. The zero-order valence-electron chi connectivity index (χ0n) is 12.0. The molecular weight excluding hydrogens is 387 g/mol. The maximum atomic E-state index is 12.5. The highest BCUT2D eigenvalue weighted by Gasteiger charge is 2.24. The molecule has 1 saturated heterocycles. The molecule has 5 heteroatoms. The highest BCUT2D eigenvalue weighted by atomic mass is 127. The van der Waals surface area contributed by atoms with Gasteiger partial charge in [0.2, 0.25) is 0 Å². The summed E-state index contributed by atoms with van der Waals surface area (Å²) < 4.78 is 1.16. The highest BCUT2D eigenvalue weighted by molar-refractivity contribution is 14.1. The predicted octanol–water partition coefficient (Wildman–Crippen LogP) is 3.09. The fraction of sp³-hybridized carbons (Fsp3) is 0.533. The van der Waals surface area contributed by atoms with Crippen molar-refractivity contribution in [3.8, 4) is 0 Å². The average Bonchev–Trinajstić information content (AvgIpc) is 2.42. The molecule has 0 atom stereocenters. The van der Waals surface area contributed by atoms with E-state index >= 15 is 0 Å². The number of hydrogen-bond acceptors (Lipinski definition) is 2. The summed E-state index contributed by atoms with van der Waals surface area (Å²) in [5.41, 5.74) is 1.96. The largest absolute Gasteiger partial charge is 0.339 e.